The molecular formula is C11H22N4O2. The highest BCUT2D eigenvalue weighted by Gasteiger charge is 2.22. The maximum absolute atomic E-state index is 12.2. The Bertz CT molecular complexity index is 275. The van der Waals surface area contributed by atoms with Gasteiger partial charge < -0.3 is 20.7 Å². The average molecular weight is 242 g/mol. The van der Waals surface area contributed by atoms with Crippen molar-refractivity contribution in [1.82, 2.24) is 9.80 Å². The van der Waals surface area contributed by atoms with Crippen LogP contribution in [-0.4, -0.2) is 53.1 Å². The topological polar surface area (TPSA) is 82.2 Å². The van der Waals surface area contributed by atoms with E-state index >= 15 is 0 Å². The van der Waals surface area contributed by atoms with Crippen LogP contribution in [-0.2, 0) is 0 Å². The van der Waals surface area contributed by atoms with Gasteiger partial charge in [0, 0.05) is 19.6 Å². The number of likely N-dealkylation sites (tertiary alicyclic amines) is 1. The number of piperidine rings is 1. The van der Waals surface area contributed by atoms with Crippen LogP contribution in [0.3, 0.4) is 0 Å². The van der Waals surface area contributed by atoms with E-state index in [0.29, 0.717) is 6.54 Å². The Morgan fingerprint density at radius 2 is 2.06 bits per heavy atom. The summed E-state index contributed by atoms with van der Waals surface area (Å²) in [5, 5.41) is 11.5. The first kappa shape index (κ1) is 13.6. The Hall–Kier alpha value is -1.46. The molecule has 0 saturated carbocycles. The van der Waals surface area contributed by atoms with Gasteiger partial charge in [0.15, 0.2) is 5.84 Å². The maximum atomic E-state index is 12.2. The molecule has 0 bridgehead atoms. The fourth-order valence-electron chi connectivity index (χ4n) is 2.02. The standard InChI is InChI=1S/C11H22N4O2/c1-2-6-15(9-10(12)13-17)11(16)14-7-4-3-5-8-14/h17H,2-9H2,1H3,(H2,12,13). The first-order valence-corrected chi connectivity index (χ1v) is 6.19. The lowest BCUT2D eigenvalue weighted by molar-refractivity contribution is 0.149. The van der Waals surface area contributed by atoms with Crippen molar-refractivity contribution in [3.05, 3.63) is 0 Å². The number of carbonyl (C=O) groups is 1. The fourth-order valence-corrected chi connectivity index (χ4v) is 2.02. The zero-order valence-electron chi connectivity index (χ0n) is 10.4. The van der Waals surface area contributed by atoms with Crippen LogP contribution in [0.2, 0.25) is 0 Å². The first-order valence-electron chi connectivity index (χ1n) is 6.19. The molecule has 1 fully saturated rings. The molecule has 6 nitrogen and oxygen atoms in total. The lowest BCUT2D eigenvalue weighted by atomic mass is 10.1. The van der Waals surface area contributed by atoms with E-state index in [1.54, 1.807) is 4.90 Å². The number of urea groups is 1. The molecule has 0 aromatic carbocycles. The number of nitrogens with zero attached hydrogens (tertiary/aromatic N) is 3. The summed E-state index contributed by atoms with van der Waals surface area (Å²) in [6.07, 6.45) is 4.18. The van der Waals surface area contributed by atoms with Crippen LogP contribution in [0.15, 0.2) is 5.16 Å². The third-order valence-corrected chi connectivity index (χ3v) is 2.87. The van der Waals surface area contributed by atoms with Crippen LogP contribution in [0.25, 0.3) is 0 Å². The van der Waals surface area contributed by atoms with Gasteiger partial charge in [-0.05, 0) is 25.7 Å². The van der Waals surface area contributed by atoms with Gasteiger partial charge in [-0.3, -0.25) is 0 Å². The molecule has 1 rings (SSSR count). The molecule has 0 radical (unpaired) electrons. The molecule has 6 heteroatoms. The second-order valence-electron chi connectivity index (χ2n) is 4.34. The van der Waals surface area contributed by atoms with Crippen molar-refractivity contribution in [2.24, 2.45) is 10.9 Å². The zero-order valence-corrected chi connectivity index (χ0v) is 10.4. The molecule has 0 unspecified atom stereocenters. The second-order valence-corrected chi connectivity index (χ2v) is 4.34. The average Bonchev–Trinajstić information content (AvgIpc) is 2.38. The van der Waals surface area contributed by atoms with Crippen LogP contribution < -0.4 is 5.73 Å². The van der Waals surface area contributed by atoms with Gasteiger partial charge in [-0.1, -0.05) is 12.1 Å². The van der Waals surface area contributed by atoms with Crippen LogP contribution in [0.1, 0.15) is 32.6 Å². The van der Waals surface area contributed by atoms with Crippen molar-refractivity contribution in [3.8, 4) is 0 Å². The number of hydrogen-bond acceptors (Lipinski definition) is 3. The van der Waals surface area contributed by atoms with Crippen molar-refractivity contribution in [1.29, 1.82) is 0 Å². The van der Waals surface area contributed by atoms with Crippen LogP contribution in [0.4, 0.5) is 4.79 Å². The molecule has 0 aliphatic carbocycles. The number of carbonyl (C=O) groups excluding carboxylic acids is 1. The summed E-state index contributed by atoms with van der Waals surface area (Å²) >= 11 is 0. The normalized spacial score (nSPS) is 17.0. The van der Waals surface area contributed by atoms with Crippen molar-refractivity contribution in [2.75, 3.05) is 26.2 Å². The molecule has 0 aromatic heterocycles. The molecule has 1 saturated heterocycles. The number of rotatable bonds is 4. The summed E-state index contributed by atoms with van der Waals surface area (Å²) in [7, 11) is 0. The van der Waals surface area contributed by atoms with Crippen molar-refractivity contribution in [2.45, 2.75) is 32.6 Å². The summed E-state index contributed by atoms with van der Waals surface area (Å²) in [6.45, 7) is 4.46. The van der Waals surface area contributed by atoms with E-state index in [1.165, 1.54) is 6.42 Å². The highest BCUT2D eigenvalue weighted by Crippen LogP contribution is 2.11. The Balaban J connectivity index is 2.58. The quantitative estimate of drug-likeness (QED) is 0.334. The third-order valence-electron chi connectivity index (χ3n) is 2.87. The molecule has 98 valence electrons. The van der Waals surface area contributed by atoms with Gasteiger partial charge in [0.2, 0.25) is 0 Å². The molecule has 3 N–H and O–H groups in total. The molecule has 1 heterocycles. The van der Waals surface area contributed by atoms with E-state index in [1.807, 2.05) is 11.8 Å². The third kappa shape index (κ3) is 4.13. The number of oxime groups is 1. The number of hydrogen-bond donors (Lipinski definition) is 2. The van der Waals surface area contributed by atoms with E-state index in [2.05, 4.69) is 5.16 Å². The van der Waals surface area contributed by atoms with Gasteiger partial charge in [-0.15, -0.1) is 0 Å². The Labute approximate surface area is 102 Å². The van der Waals surface area contributed by atoms with E-state index in [9.17, 15) is 4.79 Å². The summed E-state index contributed by atoms with van der Waals surface area (Å²) in [5.41, 5.74) is 5.46. The molecule has 2 amide bonds. The molecule has 1 aliphatic rings. The monoisotopic (exact) mass is 242 g/mol. The van der Waals surface area contributed by atoms with E-state index in [-0.39, 0.29) is 18.4 Å². The van der Waals surface area contributed by atoms with Crippen LogP contribution in [0.5, 0.6) is 0 Å². The molecule has 0 atom stereocenters. The zero-order chi connectivity index (χ0) is 12.7. The number of nitrogens with two attached hydrogens (primary N) is 1. The number of amides is 2. The molecule has 1 aliphatic heterocycles. The minimum Gasteiger partial charge on any atom is -0.409 e. The summed E-state index contributed by atoms with van der Waals surface area (Å²) in [4.78, 5) is 15.7. The molecule has 17 heavy (non-hydrogen) atoms. The highest BCUT2D eigenvalue weighted by molar-refractivity contribution is 5.86. The summed E-state index contributed by atoms with van der Waals surface area (Å²) in [6, 6.07) is -0.00171. The predicted molar refractivity (Wildman–Crippen MR) is 66.1 cm³/mol. The van der Waals surface area contributed by atoms with E-state index < -0.39 is 0 Å². The van der Waals surface area contributed by atoms with Gasteiger partial charge in [-0.25, -0.2) is 4.79 Å². The molecular weight excluding hydrogens is 220 g/mol. The molecule has 0 aromatic rings. The SMILES string of the molecule is CCCN(CC(N)=NO)C(=O)N1CCCCC1. The second kappa shape index (κ2) is 6.98. The van der Waals surface area contributed by atoms with Crippen LogP contribution >= 0.6 is 0 Å². The van der Waals surface area contributed by atoms with Gasteiger partial charge in [0.25, 0.3) is 0 Å². The first-order chi connectivity index (χ1) is 8.19. The van der Waals surface area contributed by atoms with E-state index in [0.717, 1.165) is 32.4 Å². The minimum absolute atomic E-state index is 0.00171. The largest absolute Gasteiger partial charge is 0.409 e. The minimum atomic E-state index is -0.00171. The fraction of sp³-hybridized carbons (Fsp3) is 0.818. The van der Waals surface area contributed by atoms with Crippen LogP contribution in [0, 0.1) is 0 Å². The predicted octanol–water partition coefficient (Wildman–Crippen LogP) is 1.05. The summed E-state index contributed by atoms with van der Waals surface area (Å²) < 4.78 is 0. The smallest absolute Gasteiger partial charge is 0.320 e. The number of amidine groups is 1. The van der Waals surface area contributed by atoms with Gasteiger partial charge >= 0.3 is 6.03 Å². The Morgan fingerprint density at radius 3 is 2.59 bits per heavy atom. The molecule has 0 spiro atoms. The summed E-state index contributed by atoms with van der Waals surface area (Å²) in [5.74, 6) is 0.0730. The lowest BCUT2D eigenvalue weighted by Gasteiger charge is -2.32. The van der Waals surface area contributed by atoms with Crippen molar-refractivity contribution < 1.29 is 10.0 Å². The van der Waals surface area contributed by atoms with Gasteiger partial charge in [0.05, 0.1) is 6.54 Å². The van der Waals surface area contributed by atoms with Gasteiger partial charge in [0.1, 0.15) is 0 Å². The Kier molecular flexibility index (Phi) is 5.59. The highest BCUT2D eigenvalue weighted by atomic mass is 16.4. The van der Waals surface area contributed by atoms with E-state index in [4.69, 9.17) is 10.9 Å². The van der Waals surface area contributed by atoms with Gasteiger partial charge in [-0.2, -0.15) is 0 Å². The van der Waals surface area contributed by atoms with Crippen molar-refractivity contribution >= 4 is 11.9 Å². The maximum Gasteiger partial charge on any atom is 0.320 e. The Morgan fingerprint density at radius 1 is 1.41 bits per heavy atom. The lowest BCUT2D eigenvalue weighted by Crippen LogP contribution is -2.48. The van der Waals surface area contributed by atoms with Crippen molar-refractivity contribution in [3.63, 3.8) is 0 Å².